The van der Waals surface area contributed by atoms with E-state index in [0.717, 1.165) is 0 Å². The van der Waals surface area contributed by atoms with Crippen LogP contribution in [0.1, 0.15) is 33.6 Å². The lowest BCUT2D eigenvalue weighted by Crippen LogP contribution is -2.50. The topological polar surface area (TPSA) is 66.8 Å². The van der Waals surface area contributed by atoms with Crippen molar-refractivity contribution in [1.29, 1.82) is 0 Å². The summed E-state index contributed by atoms with van der Waals surface area (Å²) in [5, 5.41) is 9.26. The smallest absolute Gasteiger partial charge is 0.307 e. The molecule has 0 spiro atoms. The van der Waals surface area contributed by atoms with E-state index in [9.17, 15) is 14.7 Å². The summed E-state index contributed by atoms with van der Waals surface area (Å²) in [7, 11) is 0. The van der Waals surface area contributed by atoms with E-state index in [4.69, 9.17) is 4.74 Å². The van der Waals surface area contributed by atoms with Crippen molar-refractivity contribution in [2.24, 2.45) is 17.8 Å². The van der Waals surface area contributed by atoms with Gasteiger partial charge in [0.25, 0.3) is 0 Å². The molecular weight excluding hydrogens is 246 g/mol. The zero-order chi connectivity index (χ0) is 14.2. The van der Waals surface area contributed by atoms with Crippen LogP contribution in [0.4, 0.5) is 0 Å². The largest absolute Gasteiger partial charge is 0.481 e. The monoisotopic (exact) mass is 269 g/mol. The molecule has 2 rings (SSSR count). The van der Waals surface area contributed by atoms with Crippen LogP contribution in [0.15, 0.2) is 0 Å². The van der Waals surface area contributed by atoms with Crippen LogP contribution < -0.4 is 0 Å². The Kier molecular flexibility index (Phi) is 4.13. The third kappa shape index (κ3) is 3.08. The minimum absolute atomic E-state index is 0.00116. The fourth-order valence-corrected chi connectivity index (χ4v) is 3.43. The first-order chi connectivity index (χ1) is 8.88. The lowest BCUT2D eigenvalue weighted by atomic mass is 9.94. The molecule has 5 atom stereocenters. The SMILES string of the molecule is CC1C[C@H](C(=O)N2CC(C)OC(C)C2)[C@H](C(=O)O)C1. The molecule has 1 saturated heterocycles. The molecule has 0 bridgehead atoms. The third-order valence-corrected chi connectivity index (χ3v) is 4.16. The van der Waals surface area contributed by atoms with Crippen molar-refractivity contribution in [3.8, 4) is 0 Å². The molecule has 0 aromatic rings. The van der Waals surface area contributed by atoms with Gasteiger partial charge in [0, 0.05) is 13.1 Å². The van der Waals surface area contributed by atoms with E-state index in [-0.39, 0.29) is 24.0 Å². The molecule has 1 aliphatic heterocycles. The zero-order valence-electron chi connectivity index (χ0n) is 11.8. The van der Waals surface area contributed by atoms with Crippen molar-refractivity contribution < 1.29 is 19.4 Å². The van der Waals surface area contributed by atoms with Gasteiger partial charge < -0.3 is 14.7 Å². The Bertz CT molecular complexity index is 360. The van der Waals surface area contributed by atoms with Gasteiger partial charge in [0.1, 0.15) is 0 Å². The number of carboxylic acid groups (broad SMARTS) is 1. The lowest BCUT2D eigenvalue weighted by molar-refractivity contribution is -0.154. The summed E-state index contributed by atoms with van der Waals surface area (Å²) >= 11 is 0. The molecule has 108 valence electrons. The summed E-state index contributed by atoms with van der Waals surface area (Å²) < 4.78 is 5.61. The molecule has 0 aromatic heterocycles. The number of carbonyl (C=O) groups is 2. The minimum Gasteiger partial charge on any atom is -0.481 e. The van der Waals surface area contributed by atoms with Gasteiger partial charge in [0.15, 0.2) is 0 Å². The summed E-state index contributed by atoms with van der Waals surface area (Å²) in [6.45, 7) is 7.05. The van der Waals surface area contributed by atoms with Gasteiger partial charge in [-0.1, -0.05) is 6.92 Å². The molecule has 1 N–H and O–H groups in total. The minimum atomic E-state index is -0.836. The summed E-state index contributed by atoms with van der Waals surface area (Å²) in [6.07, 6.45) is 1.35. The van der Waals surface area contributed by atoms with E-state index in [1.807, 2.05) is 20.8 Å². The van der Waals surface area contributed by atoms with Crippen molar-refractivity contribution in [1.82, 2.24) is 4.90 Å². The standard InChI is InChI=1S/C14H23NO4/c1-8-4-11(12(5-8)14(17)18)13(16)15-6-9(2)19-10(3)7-15/h8-12H,4-7H2,1-3H3,(H,17,18)/t8?,9?,10?,11-,12+/m0/s1. The Morgan fingerprint density at radius 2 is 1.58 bits per heavy atom. The van der Waals surface area contributed by atoms with Gasteiger partial charge in [-0.05, 0) is 32.6 Å². The molecule has 1 saturated carbocycles. The highest BCUT2D eigenvalue weighted by Gasteiger charge is 2.43. The molecule has 5 nitrogen and oxygen atoms in total. The Hall–Kier alpha value is -1.10. The number of amides is 1. The van der Waals surface area contributed by atoms with Gasteiger partial charge in [-0.15, -0.1) is 0 Å². The molecular formula is C14H23NO4. The van der Waals surface area contributed by atoms with Crippen LogP contribution >= 0.6 is 0 Å². The number of morpholine rings is 1. The van der Waals surface area contributed by atoms with E-state index in [1.165, 1.54) is 0 Å². The summed E-state index contributed by atoms with van der Waals surface area (Å²) in [6, 6.07) is 0. The lowest BCUT2D eigenvalue weighted by Gasteiger charge is -2.37. The average Bonchev–Trinajstić information content (AvgIpc) is 2.69. The van der Waals surface area contributed by atoms with Gasteiger partial charge >= 0.3 is 5.97 Å². The second-order valence-corrected chi connectivity index (χ2v) is 6.13. The number of carboxylic acids is 1. The van der Waals surface area contributed by atoms with Gasteiger partial charge in [-0.25, -0.2) is 0 Å². The molecule has 2 fully saturated rings. The maximum atomic E-state index is 12.6. The number of ether oxygens (including phenoxy) is 1. The van der Waals surface area contributed by atoms with Crippen LogP contribution in [0.5, 0.6) is 0 Å². The van der Waals surface area contributed by atoms with Crippen molar-refractivity contribution in [3.05, 3.63) is 0 Å². The van der Waals surface area contributed by atoms with E-state index in [0.29, 0.717) is 31.8 Å². The average molecular weight is 269 g/mol. The van der Waals surface area contributed by atoms with E-state index >= 15 is 0 Å². The van der Waals surface area contributed by atoms with Crippen molar-refractivity contribution >= 4 is 11.9 Å². The van der Waals surface area contributed by atoms with Gasteiger partial charge in [0.05, 0.1) is 24.0 Å². The summed E-state index contributed by atoms with van der Waals surface area (Å²) in [4.78, 5) is 25.6. The van der Waals surface area contributed by atoms with Gasteiger partial charge in [-0.2, -0.15) is 0 Å². The van der Waals surface area contributed by atoms with Crippen LogP contribution in [-0.2, 0) is 14.3 Å². The maximum absolute atomic E-state index is 12.6. The molecule has 19 heavy (non-hydrogen) atoms. The molecule has 1 heterocycles. The fraction of sp³-hybridized carbons (Fsp3) is 0.857. The second kappa shape index (κ2) is 5.49. The first kappa shape index (κ1) is 14.3. The highest BCUT2D eigenvalue weighted by molar-refractivity contribution is 5.85. The first-order valence-corrected chi connectivity index (χ1v) is 7.05. The zero-order valence-corrected chi connectivity index (χ0v) is 11.8. The number of aliphatic carboxylic acids is 1. The van der Waals surface area contributed by atoms with Crippen LogP contribution in [0.2, 0.25) is 0 Å². The summed E-state index contributed by atoms with van der Waals surface area (Å²) in [5.74, 6) is -1.40. The Balaban J connectivity index is 2.07. The van der Waals surface area contributed by atoms with Crippen molar-refractivity contribution in [3.63, 3.8) is 0 Å². The molecule has 0 radical (unpaired) electrons. The van der Waals surface area contributed by atoms with Crippen LogP contribution in [0.3, 0.4) is 0 Å². The third-order valence-electron chi connectivity index (χ3n) is 4.16. The van der Waals surface area contributed by atoms with E-state index < -0.39 is 11.9 Å². The Morgan fingerprint density at radius 1 is 1.05 bits per heavy atom. The van der Waals surface area contributed by atoms with Crippen LogP contribution in [-0.4, -0.2) is 47.2 Å². The molecule has 2 aliphatic rings. The quantitative estimate of drug-likeness (QED) is 0.822. The fourth-order valence-electron chi connectivity index (χ4n) is 3.43. The number of carbonyl (C=O) groups excluding carboxylic acids is 1. The Labute approximate surface area is 113 Å². The molecule has 0 aromatic carbocycles. The molecule has 1 amide bonds. The normalized spacial score (nSPS) is 39.3. The van der Waals surface area contributed by atoms with E-state index in [2.05, 4.69) is 0 Å². The predicted octanol–water partition coefficient (Wildman–Crippen LogP) is 1.37. The molecule has 1 aliphatic carbocycles. The number of rotatable bonds is 2. The first-order valence-electron chi connectivity index (χ1n) is 7.05. The van der Waals surface area contributed by atoms with Gasteiger partial charge in [-0.3, -0.25) is 9.59 Å². The number of hydrogen-bond acceptors (Lipinski definition) is 3. The maximum Gasteiger partial charge on any atom is 0.307 e. The Morgan fingerprint density at radius 3 is 2.11 bits per heavy atom. The van der Waals surface area contributed by atoms with Crippen LogP contribution in [0.25, 0.3) is 0 Å². The highest BCUT2D eigenvalue weighted by atomic mass is 16.5. The van der Waals surface area contributed by atoms with Gasteiger partial charge in [0.2, 0.25) is 5.91 Å². The van der Waals surface area contributed by atoms with E-state index in [1.54, 1.807) is 4.90 Å². The van der Waals surface area contributed by atoms with Crippen molar-refractivity contribution in [2.45, 2.75) is 45.8 Å². The molecule has 5 heteroatoms. The highest BCUT2D eigenvalue weighted by Crippen LogP contribution is 2.37. The van der Waals surface area contributed by atoms with Crippen molar-refractivity contribution in [2.75, 3.05) is 13.1 Å². The van der Waals surface area contributed by atoms with Crippen LogP contribution in [0, 0.1) is 17.8 Å². The predicted molar refractivity (Wildman–Crippen MR) is 69.6 cm³/mol. The summed E-state index contributed by atoms with van der Waals surface area (Å²) in [5.41, 5.74) is 0. The number of nitrogens with zero attached hydrogens (tertiary/aromatic N) is 1. The second-order valence-electron chi connectivity index (χ2n) is 6.13. The molecule has 3 unspecified atom stereocenters. The number of hydrogen-bond donors (Lipinski definition) is 1.